The van der Waals surface area contributed by atoms with Crippen LogP contribution in [0.25, 0.3) is 0 Å². The lowest BCUT2D eigenvalue weighted by atomic mass is 9.95. The lowest BCUT2D eigenvalue weighted by Crippen LogP contribution is -2.61. The highest BCUT2D eigenvalue weighted by Crippen LogP contribution is 2.46. The van der Waals surface area contributed by atoms with E-state index >= 15 is 0 Å². The molecule has 1 atom stereocenters. The molecule has 1 aromatic heterocycles. The zero-order chi connectivity index (χ0) is 14.2. The molecule has 1 spiro atoms. The Kier molecular flexibility index (Phi) is 3.68. The first-order chi connectivity index (χ1) is 9.53. The van der Waals surface area contributed by atoms with Gasteiger partial charge in [-0.25, -0.2) is 13.4 Å². The smallest absolute Gasteiger partial charge is 0.213 e. The zero-order valence-corrected chi connectivity index (χ0v) is 13.0. The van der Waals surface area contributed by atoms with Crippen molar-refractivity contribution in [3.05, 3.63) is 24.4 Å². The molecule has 110 valence electrons. The van der Waals surface area contributed by atoms with Crippen LogP contribution in [0.4, 0.5) is 0 Å². The number of sulfonamides is 1. The predicted octanol–water partition coefficient (Wildman–Crippen LogP) is 1.37. The van der Waals surface area contributed by atoms with Crippen LogP contribution in [-0.4, -0.2) is 53.2 Å². The van der Waals surface area contributed by atoms with Crippen LogP contribution in [0.3, 0.4) is 0 Å². The minimum absolute atomic E-state index is 0.0572. The summed E-state index contributed by atoms with van der Waals surface area (Å²) in [6.07, 6.45) is 2.73. The van der Waals surface area contributed by atoms with E-state index < -0.39 is 10.0 Å². The van der Waals surface area contributed by atoms with Crippen LogP contribution >= 0.6 is 11.8 Å². The van der Waals surface area contributed by atoms with E-state index in [1.54, 1.807) is 17.4 Å². The number of ether oxygens (including phenoxy) is 1. The summed E-state index contributed by atoms with van der Waals surface area (Å²) in [6.45, 7) is 2.93. The average molecular weight is 314 g/mol. The molecule has 0 radical (unpaired) electrons. The van der Waals surface area contributed by atoms with Crippen molar-refractivity contribution in [1.29, 1.82) is 0 Å². The molecule has 5 nitrogen and oxygen atoms in total. The summed E-state index contributed by atoms with van der Waals surface area (Å²) in [5, 5.41) is 0. The van der Waals surface area contributed by atoms with Crippen LogP contribution < -0.4 is 4.74 Å². The van der Waals surface area contributed by atoms with Gasteiger partial charge in [-0.2, -0.15) is 4.31 Å². The first-order valence-corrected chi connectivity index (χ1v) is 9.32. The standard InChI is InChI=1S/C13H18N2O3S2/c1-2-20(16,17)15-9-13(10-15)7-11(8-19-13)18-12-5-3-4-6-14-12/h3-6,11H,2,7-10H2,1H3/t11-/m0/s1. The summed E-state index contributed by atoms with van der Waals surface area (Å²) in [5.41, 5.74) is 0. The molecule has 2 aliphatic rings. The van der Waals surface area contributed by atoms with Gasteiger partial charge in [0.15, 0.2) is 0 Å². The van der Waals surface area contributed by atoms with Crippen LogP contribution in [0.5, 0.6) is 5.88 Å². The third-order valence-electron chi connectivity index (χ3n) is 3.79. The third kappa shape index (κ3) is 2.66. The van der Waals surface area contributed by atoms with Crippen LogP contribution in [-0.2, 0) is 10.0 Å². The first-order valence-electron chi connectivity index (χ1n) is 6.72. The summed E-state index contributed by atoms with van der Waals surface area (Å²) < 4.78 is 31.0. The molecule has 20 heavy (non-hydrogen) atoms. The molecule has 0 aliphatic carbocycles. The summed E-state index contributed by atoms with van der Waals surface area (Å²) in [4.78, 5) is 4.16. The summed E-state index contributed by atoms with van der Waals surface area (Å²) in [5.74, 6) is 1.73. The first kappa shape index (κ1) is 14.2. The summed E-state index contributed by atoms with van der Waals surface area (Å²) >= 11 is 1.83. The van der Waals surface area contributed by atoms with Gasteiger partial charge in [-0.1, -0.05) is 6.07 Å². The lowest BCUT2D eigenvalue weighted by Gasteiger charge is -2.46. The molecule has 0 amide bonds. The lowest BCUT2D eigenvalue weighted by molar-refractivity contribution is 0.155. The maximum absolute atomic E-state index is 11.8. The van der Waals surface area contributed by atoms with Gasteiger partial charge in [-0.3, -0.25) is 0 Å². The maximum Gasteiger partial charge on any atom is 0.213 e. The summed E-state index contributed by atoms with van der Waals surface area (Å²) in [7, 11) is -3.03. The van der Waals surface area contributed by atoms with E-state index in [1.807, 2.05) is 30.0 Å². The van der Waals surface area contributed by atoms with Gasteiger partial charge in [0.25, 0.3) is 0 Å². The van der Waals surface area contributed by atoms with Crippen molar-refractivity contribution in [1.82, 2.24) is 9.29 Å². The van der Waals surface area contributed by atoms with Crippen molar-refractivity contribution in [2.45, 2.75) is 24.2 Å². The fourth-order valence-corrected chi connectivity index (χ4v) is 5.60. The second kappa shape index (κ2) is 5.20. The molecule has 2 fully saturated rings. The number of hydrogen-bond donors (Lipinski definition) is 0. The molecule has 0 bridgehead atoms. The molecule has 3 rings (SSSR count). The average Bonchev–Trinajstić information content (AvgIpc) is 2.82. The molecule has 0 N–H and O–H groups in total. The van der Waals surface area contributed by atoms with Gasteiger partial charge in [0, 0.05) is 42.3 Å². The minimum Gasteiger partial charge on any atom is -0.473 e. The van der Waals surface area contributed by atoms with Crippen molar-refractivity contribution >= 4 is 21.8 Å². The Morgan fingerprint density at radius 1 is 1.50 bits per heavy atom. The maximum atomic E-state index is 11.8. The number of pyridine rings is 1. The van der Waals surface area contributed by atoms with Gasteiger partial charge in [-0.15, -0.1) is 11.8 Å². The number of rotatable bonds is 4. The fourth-order valence-electron chi connectivity index (χ4n) is 2.66. The highest BCUT2D eigenvalue weighted by molar-refractivity contribution is 8.01. The highest BCUT2D eigenvalue weighted by Gasteiger charge is 2.52. The number of nitrogens with zero attached hydrogens (tertiary/aromatic N) is 2. The quantitative estimate of drug-likeness (QED) is 0.840. The number of aromatic nitrogens is 1. The third-order valence-corrected chi connectivity index (χ3v) is 7.14. The van der Waals surface area contributed by atoms with E-state index in [1.165, 1.54) is 0 Å². The van der Waals surface area contributed by atoms with E-state index in [2.05, 4.69) is 4.98 Å². The van der Waals surface area contributed by atoms with E-state index in [-0.39, 0.29) is 16.6 Å². The Labute approximate surface area is 123 Å². The van der Waals surface area contributed by atoms with Gasteiger partial charge in [0.05, 0.1) is 5.75 Å². The molecule has 0 saturated carbocycles. The van der Waals surface area contributed by atoms with Crippen LogP contribution in [0.15, 0.2) is 24.4 Å². The molecule has 7 heteroatoms. The Balaban J connectivity index is 1.57. The number of thioether (sulfide) groups is 1. The van der Waals surface area contributed by atoms with Crippen molar-refractivity contribution in [2.75, 3.05) is 24.6 Å². The van der Waals surface area contributed by atoms with Crippen molar-refractivity contribution in [2.24, 2.45) is 0 Å². The van der Waals surface area contributed by atoms with E-state index in [4.69, 9.17) is 4.74 Å². The van der Waals surface area contributed by atoms with E-state index in [9.17, 15) is 8.42 Å². The van der Waals surface area contributed by atoms with Gasteiger partial charge in [-0.05, 0) is 13.0 Å². The van der Waals surface area contributed by atoms with Crippen LogP contribution in [0.1, 0.15) is 13.3 Å². The molecule has 2 saturated heterocycles. The van der Waals surface area contributed by atoms with Gasteiger partial charge in [0.1, 0.15) is 6.10 Å². The highest BCUT2D eigenvalue weighted by atomic mass is 32.2. The molecule has 1 aromatic rings. The van der Waals surface area contributed by atoms with Crippen molar-refractivity contribution in [3.63, 3.8) is 0 Å². The van der Waals surface area contributed by atoms with Gasteiger partial charge < -0.3 is 4.74 Å². The largest absolute Gasteiger partial charge is 0.473 e. The topological polar surface area (TPSA) is 59.5 Å². The monoisotopic (exact) mass is 314 g/mol. The van der Waals surface area contributed by atoms with E-state index in [0.29, 0.717) is 19.0 Å². The predicted molar refractivity (Wildman–Crippen MR) is 79.5 cm³/mol. The second-order valence-corrected chi connectivity index (χ2v) is 9.02. The fraction of sp³-hybridized carbons (Fsp3) is 0.615. The molecule has 0 aromatic carbocycles. The number of hydrogen-bond acceptors (Lipinski definition) is 5. The Hall–Kier alpha value is -0.790. The minimum atomic E-state index is -3.03. The van der Waals surface area contributed by atoms with E-state index in [0.717, 1.165) is 12.2 Å². The molecular formula is C13H18N2O3S2. The van der Waals surface area contributed by atoms with Gasteiger partial charge >= 0.3 is 0 Å². The zero-order valence-electron chi connectivity index (χ0n) is 11.4. The molecule has 0 unspecified atom stereocenters. The van der Waals surface area contributed by atoms with Gasteiger partial charge in [0.2, 0.25) is 15.9 Å². The Morgan fingerprint density at radius 3 is 2.95 bits per heavy atom. The molecule has 2 aliphatic heterocycles. The molecular weight excluding hydrogens is 296 g/mol. The SMILES string of the molecule is CCS(=O)(=O)N1CC2(C[C@H](Oc3ccccn3)CS2)C1. The second-order valence-electron chi connectivity index (χ2n) is 5.27. The normalized spacial score (nSPS) is 25.6. The molecule has 3 heterocycles. The van der Waals surface area contributed by atoms with Crippen LogP contribution in [0.2, 0.25) is 0 Å². The Bertz CT molecular complexity index is 571. The summed E-state index contributed by atoms with van der Waals surface area (Å²) in [6, 6.07) is 5.61. The van der Waals surface area contributed by atoms with Crippen molar-refractivity contribution in [3.8, 4) is 5.88 Å². The Morgan fingerprint density at radius 2 is 2.30 bits per heavy atom. The van der Waals surface area contributed by atoms with Crippen molar-refractivity contribution < 1.29 is 13.2 Å². The van der Waals surface area contributed by atoms with Crippen LogP contribution in [0, 0.1) is 0 Å².